The van der Waals surface area contributed by atoms with Crippen LogP contribution in [0.5, 0.6) is 5.75 Å². The number of rotatable bonds is 1. The highest BCUT2D eigenvalue weighted by Gasteiger charge is 2.19. The standard InChI is InChI=1S/C11H9ClN2O2/c12-8-4-7-2-1-3-15-10(7)9(5-8)11-14-13-6-16-11/h4-6H,1-3H2. The first-order valence-electron chi connectivity index (χ1n) is 5.06. The first-order valence-corrected chi connectivity index (χ1v) is 5.44. The van der Waals surface area contributed by atoms with Crippen molar-refractivity contribution in [3.05, 3.63) is 29.1 Å². The summed E-state index contributed by atoms with van der Waals surface area (Å²) in [6.07, 6.45) is 3.28. The van der Waals surface area contributed by atoms with Crippen molar-refractivity contribution in [2.75, 3.05) is 6.61 Å². The zero-order chi connectivity index (χ0) is 11.0. The SMILES string of the molecule is Clc1cc2c(c(-c3nnco3)c1)OCCC2. The van der Waals surface area contributed by atoms with Gasteiger partial charge in [0.2, 0.25) is 6.39 Å². The van der Waals surface area contributed by atoms with Crippen LogP contribution in [0, 0.1) is 0 Å². The Morgan fingerprint density at radius 1 is 1.31 bits per heavy atom. The molecule has 1 aromatic heterocycles. The highest BCUT2D eigenvalue weighted by molar-refractivity contribution is 6.31. The predicted octanol–water partition coefficient (Wildman–Crippen LogP) is 2.72. The van der Waals surface area contributed by atoms with E-state index in [9.17, 15) is 0 Å². The third-order valence-electron chi connectivity index (χ3n) is 2.56. The topological polar surface area (TPSA) is 48.2 Å². The first kappa shape index (κ1) is 9.66. The summed E-state index contributed by atoms with van der Waals surface area (Å²) in [6.45, 7) is 0.718. The number of halogens is 1. The molecule has 0 aliphatic carbocycles. The zero-order valence-electron chi connectivity index (χ0n) is 8.44. The van der Waals surface area contributed by atoms with Gasteiger partial charge in [0, 0.05) is 5.02 Å². The van der Waals surface area contributed by atoms with Gasteiger partial charge in [-0.15, -0.1) is 10.2 Å². The molecule has 0 N–H and O–H groups in total. The molecule has 0 bridgehead atoms. The molecule has 1 aliphatic heterocycles. The Morgan fingerprint density at radius 3 is 3.06 bits per heavy atom. The number of hydrogen-bond donors (Lipinski definition) is 0. The van der Waals surface area contributed by atoms with Crippen LogP contribution < -0.4 is 4.74 Å². The van der Waals surface area contributed by atoms with Crippen LogP contribution >= 0.6 is 11.6 Å². The number of fused-ring (bicyclic) bond motifs is 1. The van der Waals surface area contributed by atoms with E-state index in [0.717, 1.165) is 36.3 Å². The molecular formula is C11H9ClN2O2. The van der Waals surface area contributed by atoms with Gasteiger partial charge in [-0.3, -0.25) is 0 Å². The number of ether oxygens (including phenoxy) is 1. The molecule has 3 rings (SSSR count). The maximum Gasteiger partial charge on any atom is 0.251 e. The lowest BCUT2D eigenvalue weighted by atomic mass is 10.0. The van der Waals surface area contributed by atoms with Gasteiger partial charge in [0.15, 0.2) is 0 Å². The fraction of sp³-hybridized carbons (Fsp3) is 0.273. The first-order chi connectivity index (χ1) is 7.84. The van der Waals surface area contributed by atoms with E-state index >= 15 is 0 Å². The Bertz CT molecular complexity index is 511. The van der Waals surface area contributed by atoms with Crippen molar-refractivity contribution in [1.82, 2.24) is 10.2 Å². The highest BCUT2D eigenvalue weighted by atomic mass is 35.5. The molecule has 0 amide bonds. The van der Waals surface area contributed by atoms with Crippen molar-refractivity contribution in [1.29, 1.82) is 0 Å². The second-order valence-corrected chi connectivity index (χ2v) is 4.07. The molecule has 0 radical (unpaired) electrons. The summed E-state index contributed by atoms with van der Waals surface area (Å²) < 4.78 is 10.8. The molecule has 0 fully saturated rings. The van der Waals surface area contributed by atoms with Crippen molar-refractivity contribution in [3.63, 3.8) is 0 Å². The van der Waals surface area contributed by atoms with Crippen molar-refractivity contribution in [2.24, 2.45) is 0 Å². The molecular weight excluding hydrogens is 228 g/mol. The van der Waals surface area contributed by atoms with Crippen LogP contribution in [0.3, 0.4) is 0 Å². The summed E-state index contributed by atoms with van der Waals surface area (Å²) in [6, 6.07) is 3.72. The van der Waals surface area contributed by atoms with Gasteiger partial charge in [-0.2, -0.15) is 0 Å². The third-order valence-corrected chi connectivity index (χ3v) is 2.78. The lowest BCUT2D eigenvalue weighted by Gasteiger charge is -2.19. The molecule has 0 saturated carbocycles. The number of nitrogens with zero attached hydrogens (tertiary/aromatic N) is 2. The van der Waals surface area contributed by atoms with E-state index in [4.69, 9.17) is 20.8 Å². The number of benzene rings is 1. The van der Waals surface area contributed by atoms with Crippen molar-refractivity contribution in [2.45, 2.75) is 12.8 Å². The highest BCUT2D eigenvalue weighted by Crippen LogP contribution is 2.37. The van der Waals surface area contributed by atoms with E-state index in [-0.39, 0.29) is 0 Å². The van der Waals surface area contributed by atoms with E-state index in [1.165, 1.54) is 6.39 Å². The summed E-state index contributed by atoms with van der Waals surface area (Å²) in [7, 11) is 0. The van der Waals surface area contributed by atoms with E-state index in [0.29, 0.717) is 10.9 Å². The maximum absolute atomic E-state index is 6.05. The molecule has 1 aromatic carbocycles. The normalized spacial score (nSPS) is 14.3. The van der Waals surface area contributed by atoms with Crippen molar-refractivity contribution < 1.29 is 9.15 Å². The van der Waals surface area contributed by atoms with E-state index in [1.54, 1.807) is 6.07 Å². The summed E-state index contributed by atoms with van der Waals surface area (Å²) >= 11 is 6.05. The van der Waals surface area contributed by atoms with Gasteiger partial charge in [-0.05, 0) is 30.5 Å². The molecule has 0 saturated heterocycles. The zero-order valence-corrected chi connectivity index (χ0v) is 9.20. The minimum absolute atomic E-state index is 0.445. The molecule has 5 heteroatoms. The third kappa shape index (κ3) is 1.55. The van der Waals surface area contributed by atoms with Gasteiger partial charge < -0.3 is 9.15 Å². The van der Waals surface area contributed by atoms with Gasteiger partial charge in [0.05, 0.1) is 12.2 Å². The van der Waals surface area contributed by atoms with E-state index in [1.807, 2.05) is 6.07 Å². The van der Waals surface area contributed by atoms with Crippen LogP contribution in [-0.2, 0) is 6.42 Å². The monoisotopic (exact) mass is 236 g/mol. The molecule has 0 spiro atoms. The van der Waals surface area contributed by atoms with Gasteiger partial charge >= 0.3 is 0 Å². The second-order valence-electron chi connectivity index (χ2n) is 3.64. The molecule has 2 heterocycles. The molecule has 4 nitrogen and oxygen atoms in total. The van der Waals surface area contributed by atoms with Gasteiger partial charge in [-0.25, -0.2) is 0 Å². The molecule has 82 valence electrons. The van der Waals surface area contributed by atoms with Crippen LogP contribution in [0.4, 0.5) is 0 Å². The smallest absolute Gasteiger partial charge is 0.251 e. The van der Waals surface area contributed by atoms with E-state index < -0.39 is 0 Å². The van der Waals surface area contributed by atoms with Gasteiger partial charge in [0.25, 0.3) is 5.89 Å². The summed E-state index contributed by atoms with van der Waals surface area (Å²) in [5.74, 6) is 1.26. The predicted molar refractivity (Wildman–Crippen MR) is 58.6 cm³/mol. The number of aryl methyl sites for hydroxylation is 1. The average molecular weight is 237 g/mol. The fourth-order valence-corrected chi connectivity index (χ4v) is 2.13. The number of aromatic nitrogens is 2. The van der Waals surface area contributed by atoms with Crippen molar-refractivity contribution in [3.8, 4) is 17.2 Å². The number of hydrogen-bond acceptors (Lipinski definition) is 4. The quantitative estimate of drug-likeness (QED) is 0.764. The van der Waals surface area contributed by atoms with E-state index in [2.05, 4.69) is 10.2 Å². The molecule has 0 unspecified atom stereocenters. The average Bonchev–Trinajstić information content (AvgIpc) is 2.81. The minimum Gasteiger partial charge on any atom is -0.492 e. The fourth-order valence-electron chi connectivity index (χ4n) is 1.89. The van der Waals surface area contributed by atoms with Crippen molar-refractivity contribution >= 4 is 11.6 Å². The Hall–Kier alpha value is -1.55. The van der Waals surface area contributed by atoms with Crippen LogP contribution in [0.25, 0.3) is 11.5 Å². The molecule has 16 heavy (non-hydrogen) atoms. The van der Waals surface area contributed by atoms with Gasteiger partial charge in [-0.1, -0.05) is 11.6 Å². The molecule has 1 aliphatic rings. The Balaban J connectivity index is 2.20. The van der Waals surface area contributed by atoms with Crippen LogP contribution in [0.2, 0.25) is 5.02 Å². The Kier molecular flexibility index (Phi) is 2.29. The second kappa shape index (κ2) is 3.79. The lowest BCUT2D eigenvalue weighted by molar-refractivity contribution is 0.289. The van der Waals surface area contributed by atoms with Crippen LogP contribution in [-0.4, -0.2) is 16.8 Å². The summed E-state index contributed by atoms with van der Waals surface area (Å²) in [5.41, 5.74) is 1.88. The Morgan fingerprint density at radius 2 is 2.25 bits per heavy atom. The maximum atomic E-state index is 6.05. The lowest BCUT2D eigenvalue weighted by Crippen LogP contribution is -2.09. The van der Waals surface area contributed by atoms with Crippen LogP contribution in [0.1, 0.15) is 12.0 Å². The Labute approximate surface area is 97.2 Å². The van der Waals surface area contributed by atoms with Gasteiger partial charge in [0.1, 0.15) is 5.75 Å². The summed E-state index contributed by atoms with van der Waals surface area (Å²) in [5, 5.41) is 8.21. The molecule has 2 aromatic rings. The largest absolute Gasteiger partial charge is 0.492 e. The summed E-state index contributed by atoms with van der Waals surface area (Å²) in [4.78, 5) is 0. The molecule has 0 atom stereocenters. The minimum atomic E-state index is 0.445. The van der Waals surface area contributed by atoms with Crippen LogP contribution in [0.15, 0.2) is 22.9 Å².